The zero-order chi connectivity index (χ0) is 22.8. The predicted octanol–water partition coefficient (Wildman–Crippen LogP) is 6.73. The van der Waals surface area contributed by atoms with Gasteiger partial charge in [-0.15, -0.1) is 0 Å². The molecule has 1 fully saturated rings. The van der Waals surface area contributed by atoms with Crippen molar-refractivity contribution in [2.75, 3.05) is 12.4 Å². The minimum absolute atomic E-state index is 0.425. The van der Waals surface area contributed by atoms with Crippen molar-refractivity contribution < 1.29 is 4.74 Å². The Labute approximate surface area is 195 Å². The summed E-state index contributed by atoms with van der Waals surface area (Å²) in [5.74, 6) is 2.28. The van der Waals surface area contributed by atoms with Crippen LogP contribution in [0.4, 0.5) is 5.82 Å². The van der Waals surface area contributed by atoms with Crippen LogP contribution in [0.1, 0.15) is 43.2 Å². The minimum atomic E-state index is 0.425. The van der Waals surface area contributed by atoms with Crippen molar-refractivity contribution in [3.63, 3.8) is 0 Å². The van der Waals surface area contributed by atoms with E-state index >= 15 is 0 Å². The molecule has 0 aliphatic heterocycles. The van der Waals surface area contributed by atoms with Crippen LogP contribution in [0.25, 0.3) is 33.4 Å². The van der Waals surface area contributed by atoms with E-state index in [1.165, 1.54) is 48.8 Å². The topological polar surface area (TPSA) is 59.9 Å². The fourth-order valence-electron chi connectivity index (χ4n) is 4.82. The van der Waals surface area contributed by atoms with E-state index in [2.05, 4.69) is 54.5 Å². The molecule has 5 heteroatoms. The molecule has 5 rings (SSSR count). The van der Waals surface area contributed by atoms with E-state index in [0.29, 0.717) is 11.9 Å². The highest BCUT2D eigenvalue weighted by atomic mass is 16.5. The number of pyridine rings is 1. The Morgan fingerprint density at radius 1 is 0.939 bits per heavy atom. The number of hydrogen-bond acceptors (Lipinski definition) is 5. The number of aromatic nitrogens is 3. The number of ether oxygens (including phenoxy) is 1. The Bertz CT molecular complexity index is 1280. The van der Waals surface area contributed by atoms with Gasteiger partial charge in [0.2, 0.25) is 0 Å². The third kappa shape index (κ3) is 4.40. The van der Waals surface area contributed by atoms with Crippen LogP contribution >= 0.6 is 0 Å². The lowest BCUT2D eigenvalue weighted by atomic mass is 9.95. The van der Waals surface area contributed by atoms with Crippen molar-refractivity contribution in [1.82, 2.24) is 15.0 Å². The lowest BCUT2D eigenvalue weighted by Crippen LogP contribution is -2.23. The summed E-state index contributed by atoms with van der Waals surface area (Å²) < 4.78 is 5.86. The van der Waals surface area contributed by atoms with Crippen LogP contribution in [0.5, 0.6) is 5.75 Å². The summed E-state index contributed by atoms with van der Waals surface area (Å²) in [6.07, 6.45) is 9.74. The molecule has 0 unspecified atom stereocenters. The summed E-state index contributed by atoms with van der Waals surface area (Å²) in [6.45, 7) is 4.28. The third-order valence-electron chi connectivity index (χ3n) is 6.54. The Hall–Kier alpha value is -3.47. The first-order valence-electron chi connectivity index (χ1n) is 11.8. The molecule has 2 aromatic heterocycles. The van der Waals surface area contributed by atoms with Gasteiger partial charge in [-0.25, -0.2) is 9.97 Å². The van der Waals surface area contributed by atoms with Gasteiger partial charge < -0.3 is 10.1 Å². The molecule has 1 aliphatic carbocycles. The van der Waals surface area contributed by atoms with Crippen molar-refractivity contribution in [2.24, 2.45) is 0 Å². The number of rotatable bonds is 5. The van der Waals surface area contributed by atoms with Gasteiger partial charge in [0, 0.05) is 29.4 Å². The van der Waals surface area contributed by atoms with E-state index in [9.17, 15) is 0 Å². The lowest BCUT2D eigenvalue weighted by Gasteiger charge is -2.24. The second kappa shape index (κ2) is 9.18. The minimum Gasteiger partial charge on any atom is -0.494 e. The average molecular weight is 439 g/mol. The van der Waals surface area contributed by atoms with E-state index in [1.54, 1.807) is 13.3 Å². The molecule has 1 N–H and O–H groups in total. The highest BCUT2D eigenvalue weighted by Crippen LogP contribution is 2.37. The fourth-order valence-corrected chi connectivity index (χ4v) is 4.82. The normalized spacial score (nSPS) is 14.4. The van der Waals surface area contributed by atoms with Crippen LogP contribution in [0, 0.1) is 13.8 Å². The van der Waals surface area contributed by atoms with E-state index in [0.717, 1.165) is 33.6 Å². The molecule has 168 valence electrons. The summed E-state index contributed by atoms with van der Waals surface area (Å²) >= 11 is 0. The Morgan fingerprint density at radius 2 is 1.79 bits per heavy atom. The molecule has 1 aliphatic rings. The number of benzene rings is 2. The molecule has 4 aromatic rings. The molecular weight excluding hydrogens is 408 g/mol. The number of fused-ring (bicyclic) bond motifs is 1. The van der Waals surface area contributed by atoms with Gasteiger partial charge in [0.15, 0.2) is 5.82 Å². The second-order valence-electron chi connectivity index (χ2n) is 9.01. The van der Waals surface area contributed by atoms with Gasteiger partial charge in [0.1, 0.15) is 17.1 Å². The monoisotopic (exact) mass is 438 g/mol. The zero-order valence-electron chi connectivity index (χ0n) is 19.6. The number of hydrogen-bond donors (Lipinski definition) is 1. The molecule has 0 spiro atoms. The first-order chi connectivity index (χ1) is 16.1. The SMILES string of the molecule is COc1cc(-c2ccc(C)cc2C)cc2c(NC3CCCCC3)nc(-c3cccnc3)nc12. The van der Waals surface area contributed by atoms with Crippen LogP contribution in [0.3, 0.4) is 0 Å². The summed E-state index contributed by atoms with van der Waals surface area (Å²) in [6, 6.07) is 15.2. The van der Waals surface area contributed by atoms with Gasteiger partial charge in [-0.1, -0.05) is 43.0 Å². The molecule has 0 amide bonds. The van der Waals surface area contributed by atoms with E-state index in [-0.39, 0.29) is 0 Å². The smallest absolute Gasteiger partial charge is 0.163 e. The maximum absolute atomic E-state index is 5.86. The van der Waals surface area contributed by atoms with Gasteiger partial charge in [-0.2, -0.15) is 0 Å². The molecular formula is C28H30N4O. The number of nitrogens with one attached hydrogen (secondary N) is 1. The quantitative estimate of drug-likeness (QED) is 0.374. The first-order valence-corrected chi connectivity index (χ1v) is 11.8. The molecule has 0 saturated heterocycles. The summed E-state index contributed by atoms with van der Waals surface area (Å²) in [5, 5.41) is 4.75. The standard InChI is InChI=1S/C28H30N4O/c1-18-11-12-23(19(2)14-18)21-15-24-26(25(16-21)33-3)31-27(20-8-7-13-29-17-20)32-28(24)30-22-9-5-4-6-10-22/h7-8,11-17,22H,4-6,9-10H2,1-3H3,(H,30,31,32). The van der Waals surface area contributed by atoms with Crippen LogP contribution in [0.15, 0.2) is 54.9 Å². The number of aryl methyl sites for hydroxylation is 2. The van der Waals surface area contributed by atoms with Crippen LogP contribution in [-0.2, 0) is 0 Å². The Balaban J connectivity index is 1.71. The molecule has 5 nitrogen and oxygen atoms in total. The summed E-state index contributed by atoms with van der Waals surface area (Å²) in [4.78, 5) is 14.2. The van der Waals surface area contributed by atoms with E-state index in [1.807, 2.05) is 18.3 Å². The average Bonchev–Trinajstić information content (AvgIpc) is 2.84. The Morgan fingerprint density at radius 3 is 2.52 bits per heavy atom. The fraction of sp³-hybridized carbons (Fsp3) is 0.321. The van der Waals surface area contributed by atoms with E-state index in [4.69, 9.17) is 14.7 Å². The van der Waals surface area contributed by atoms with Gasteiger partial charge in [0.25, 0.3) is 0 Å². The highest BCUT2D eigenvalue weighted by molar-refractivity contribution is 5.98. The van der Waals surface area contributed by atoms with E-state index < -0.39 is 0 Å². The van der Waals surface area contributed by atoms with Crippen molar-refractivity contribution >= 4 is 16.7 Å². The zero-order valence-corrected chi connectivity index (χ0v) is 19.6. The highest BCUT2D eigenvalue weighted by Gasteiger charge is 2.20. The van der Waals surface area contributed by atoms with Crippen LogP contribution in [-0.4, -0.2) is 28.1 Å². The summed E-state index contributed by atoms with van der Waals surface area (Å²) in [7, 11) is 1.71. The predicted molar refractivity (Wildman–Crippen MR) is 135 cm³/mol. The van der Waals surface area contributed by atoms with Gasteiger partial charge in [-0.05, 0) is 67.6 Å². The van der Waals surface area contributed by atoms with Crippen LogP contribution in [0.2, 0.25) is 0 Å². The van der Waals surface area contributed by atoms with Gasteiger partial charge >= 0.3 is 0 Å². The maximum Gasteiger partial charge on any atom is 0.163 e. The number of anilines is 1. The second-order valence-corrected chi connectivity index (χ2v) is 9.01. The maximum atomic E-state index is 5.86. The third-order valence-corrected chi connectivity index (χ3v) is 6.54. The molecule has 0 atom stereocenters. The van der Waals surface area contributed by atoms with Crippen LogP contribution < -0.4 is 10.1 Å². The van der Waals surface area contributed by atoms with Crippen molar-refractivity contribution in [3.8, 4) is 28.3 Å². The van der Waals surface area contributed by atoms with Crippen molar-refractivity contribution in [1.29, 1.82) is 0 Å². The number of nitrogens with zero attached hydrogens (tertiary/aromatic N) is 3. The molecule has 0 bridgehead atoms. The lowest BCUT2D eigenvalue weighted by molar-refractivity contribution is 0.419. The molecule has 2 heterocycles. The molecule has 33 heavy (non-hydrogen) atoms. The Kier molecular flexibility index (Phi) is 5.95. The van der Waals surface area contributed by atoms with Crippen molar-refractivity contribution in [3.05, 3.63) is 66.0 Å². The van der Waals surface area contributed by atoms with Gasteiger partial charge in [0.05, 0.1) is 7.11 Å². The molecule has 0 radical (unpaired) electrons. The van der Waals surface area contributed by atoms with Crippen molar-refractivity contribution in [2.45, 2.75) is 52.0 Å². The largest absolute Gasteiger partial charge is 0.494 e. The number of methoxy groups -OCH3 is 1. The molecule has 2 aromatic carbocycles. The molecule has 1 saturated carbocycles. The first kappa shape index (κ1) is 21.4. The van der Waals surface area contributed by atoms with Gasteiger partial charge in [-0.3, -0.25) is 4.98 Å². The summed E-state index contributed by atoms with van der Waals surface area (Å²) in [5.41, 5.74) is 6.52.